The zero-order chi connectivity index (χ0) is 10.6. The van der Waals surface area contributed by atoms with Crippen molar-refractivity contribution in [3.63, 3.8) is 0 Å². The standard InChI is InChI=1S/C10H13ClFNO/c1-7(14)5-13-6-8-2-3-10(12)9(11)4-8/h2-4,7,13-14H,5-6H2,1H3/t7-/m0/s1. The summed E-state index contributed by atoms with van der Waals surface area (Å²) in [7, 11) is 0. The number of aliphatic hydroxyl groups is 1. The molecule has 0 amide bonds. The molecule has 0 radical (unpaired) electrons. The van der Waals surface area contributed by atoms with Crippen LogP contribution in [0.4, 0.5) is 4.39 Å². The molecule has 0 unspecified atom stereocenters. The molecule has 0 aliphatic carbocycles. The second-order valence-electron chi connectivity index (χ2n) is 3.23. The Balaban J connectivity index is 2.47. The van der Waals surface area contributed by atoms with Crippen LogP contribution in [0.2, 0.25) is 5.02 Å². The zero-order valence-corrected chi connectivity index (χ0v) is 8.68. The minimum absolute atomic E-state index is 0.126. The van der Waals surface area contributed by atoms with Gasteiger partial charge in [-0.1, -0.05) is 17.7 Å². The van der Waals surface area contributed by atoms with E-state index in [0.717, 1.165) is 5.56 Å². The van der Waals surface area contributed by atoms with Crippen LogP contribution in [0, 0.1) is 5.82 Å². The SMILES string of the molecule is C[C@H](O)CNCc1ccc(F)c(Cl)c1. The molecule has 0 saturated carbocycles. The molecule has 1 aromatic rings. The molecule has 4 heteroatoms. The van der Waals surface area contributed by atoms with Gasteiger partial charge in [0.05, 0.1) is 11.1 Å². The van der Waals surface area contributed by atoms with E-state index in [4.69, 9.17) is 16.7 Å². The summed E-state index contributed by atoms with van der Waals surface area (Å²) < 4.78 is 12.8. The highest BCUT2D eigenvalue weighted by atomic mass is 35.5. The second kappa shape index (κ2) is 5.29. The molecule has 0 heterocycles. The van der Waals surface area contributed by atoms with Crippen molar-refractivity contribution >= 4 is 11.6 Å². The number of hydrogen-bond acceptors (Lipinski definition) is 2. The van der Waals surface area contributed by atoms with Gasteiger partial charge in [-0.25, -0.2) is 4.39 Å². The van der Waals surface area contributed by atoms with Gasteiger partial charge in [0, 0.05) is 13.1 Å². The van der Waals surface area contributed by atoms with Gasteiger partial charge in [-0.2, -0.15) is 0 Å². The fraction of sp³-hybridized carbons (Fsp3) is 0.400. The summed E-state index contributed by atoms with van der Waals surface area (Å²) in [5.74, 6) is -0.411. The summed E-state index contributed by atoms with van der Waals surface area (Å²) in [4.78, 5) is 0. The van der Waals surface area contributed by atoms with Crippen molar-refractivity contribution in [1.29, 1.82) is 0 Å². The van der Waals surface area contributed by atoms with Crippen molar-refractivity contribution in [2.45, 2.75) is 19.6 Å². The minimum Gasteiger partial charge on any atom is -0.392 e. The van der Waals surface area contributed by atoms with Gasteiger partial charge in [-0.15, -0.1) is 0 Å². The number of aliphatic hydroxyl groups excluding tert-OH is 1. The Morgan fingerprint density at radius 3 is 2.86 bits per heavy atom. The molecular formula is C10H13ClFNO. The molecule has 0 spiro atoms. The van der Waals surface area contributed by atoms with Crippen LogP contribution in [-0.4, -0.2) is 17.8 Å². The zero-order valence-electron chi connectivity index (χ0n) is 7.93. The Kier molecular flexibility index (Phi) is 4.32. The summed E-state index contributed by atoms with van der Waals surface area (Å²) in [5.41, 5.74) is 0.900. The minimum atomic E-state index is -0.411. The van der Waals surface area contributed by atoms with E-state index in [-0.39, 0.29) is 11.1 Å². The number of benzene rings is 1. The van der Waals surface area contributed by atoms with E-state index >= 15 is 0 Å². The summed E-state index contributed by atoms with van der Waals surface area (Å²) >= 11 is 5.60. The van der Waals surface area contributed by atoms with Crippen molar-refractivity contribution in [1.82, 2.24) is 5.32 Å². The van der Waals surface area contributed by atoms with E-state index in [0.29, 0.717) is 13.1 Å². The third kappa shape index (κ3) is 3.62. The third-order valence-corrected chi connectivity index (χ3v) is 2.04. The smallest absolute Gasteiger partial charge is 0.141 e. The molecule has 78 valence electrons. The van der Waals surface area contributed by atoms with Gasteiger partial charge in [-0.3, -0.25) is 0 Å². The first-order valence-corrected chi connectivity index (χ1v) is 4.80. The van der Waals surface area contributed by atoms with Crippen LogP contribution in [0.25, 0.3) is 0 Å². The van der Waals surface area contributed by atoms with Gasteiger partial charge >= 0.3 is 0 Å². The molecule has 14 heavy (non-hydrogen) atoms. The average molecular weight is 218 g/mol. The molecule has 1 rings (SSSR count). The Morgan fingerprint density at radius 2 is 2.29 bits per heavy atom. The van der Waals surface area contributed by atoms with Gasteiger partial charge in [0.2, 0.25) is 0 Å². The molecule has 1 atom stereocenters. The monoisotopic (exact) mass is 217 g/mol. The lowest BCUT2D eigenvalue weighted by atomic mass is 10.2. The Labute approximate surface area is 87.7 Å². The van der Waals surface area contributed by atoms with Crippen LogP contribution < -0.4 is 5.32 Å². The highest BCUT2D eigenvalue weighted by Crippen LogP contribution is 2.15. The maximum Gasteiger partial charge on any atom is 0.141 e. The lowest BCUT2D eigenvalue weighted by Gasteiger charge is -2.07. The Hall–Kier alpha value is -0.640. The molecule has 0 saturated heterocycles. The first kappa shape index (κ1) is 11.4. The number of halogens is 2. The first-order valence-electron chi connectivity index (χ1n) is 4.42. The molecular weight excluding hydrogens is 205 g/mol. The fourth-order valence-electron chi connectivity index (χ4n) is 1.07. The van der Waals surface area contributed by atoms with Gasteiger partial charge in [0.25, 0.3) is 0 Å². The summed E-state index contributed by atoms with van der Waals surface area (Å²) in [6, 6.07) is 4.57. The summed E-state index contributed by atoms with van der Waals surface area (Å²) in [5, 5.41) is 12.1. The maximum atomic E-state index is 12.8. The summed E-state index contributed by atoms with van der Waals surface area (Å²) in [6.07, 6.45) is -0.383. The number of nitrogens with one attached hydrogen (secondary N) is 1. The molecule has 0 aromatic heterocycles. The van der Waals surface area contributed by atoms with E-state index in [9.17, 15) is 4.39 Å². The number of rotatable bonds is 4. The van der Waals surface area contributed by atoms with Gasteiger partial charge in [-0.05, 0) is 24.6 Å². The third-order valence-electron chi connectivity index (χ3n) is 1.75. The normalized spacial score (nSPS) is 12.9. The lowest BCUT2D eigenvalue weighted by molar-refractivity contribution is 0.191. The molecule has 0 bridgehead atoms. The van der Waals surface area contributed by atoms with E-state index < -0.39 is 5.82 Å². The molecule has 1 aromatic carbocycles. The highest BCUT2D eigenvalue weighted by Gasteiger charge is 2.01. The van der Waals surface area contributed by atoms with Crippen LogP contribution >= 0.6 is 11.6 Å². The molecule has 2 N–H and O–H groups in total. The van der Waals surface area contributed by atoms with Crippen molar-refractivity contribution in [3.8, 4) is 0 Å². The van der Waals surface area contributed by atoms with E-state index in [1.165, 1.54) is 6.07 Å². The number of hydrogen-bond donors (Lipinski definition) is 2. The maximum absolute atomic E-state index is 12.8. The molecule has 0 aliphatic heterocycles. The molecule has 2 nitrogen and oxygen atoms in total. The predicted octanol–water partition coefficient (Wildman–Crippen LogP) is 1.95. The van der Waals surface area contributed by atoms with Crippen molar-refractivity contribution in [2.24, 2.45) is 0 Å². The van der Waals surface area contributed by atoms with E-state index in [1.54, 1.807) is 19.1 Å². The molecule has 0 aliphatic rings. The van der Waals surface area contributed by atoms with Gasteiger partial charge in [0.1, 0.15) is 5.82 Å². The van der Waals surface area contributed by atoms with E-state index in [2.05, 4.69) is 5.32 Å². The van der Waals surface area contributed by atoms with Crippen LogP contribution in [0.1, 0.15) is 12.5 Å². The lowest BCUT2D eigenvalue weighted by Crippen LogP contribution is -2.23. The van der Waals surface area contributed by atoms with Crippen LogP contribution in [-0.2, 0) is 6.54 Å². The fourth-order valence-corrected chi connectivity index (χ4v) is 1.28. The van der Waals surface area contributed by atoms with Crippen LogP contribution in [0.15, 0.2) is 18.2 Å². The van der Waals surface area contributed by atoms with Gasteiger partial charge < -0.3 is 10.4 Å². The Morgan fingerprint density at radius 1 is 1.57 bits per heavy atom. The largest absolute Gasteiger partial charge is 0.392 e. The van der Waals surface area contributed by atoms with Crippen molar-refractivity contribution in [2.75, 3.05) is 6.54 Å². The Bertz CT molecular complexity index is 304. The second-order valence-corrected chi connectivity index (χ2v) is 3.64. The van der Waals surface area contributed by atoms with E-state index in [1.807, 2.05) is 0 Å². The van der Waals surface area contributed by atoms with Crippen LogP contribution in [0.3, 0.4) is 0 Å². The quantitative estimate of drug-likeness (QED) is 0.808. The van der Waals surface area contributed by atoms with Crippen LogP contribution in [0.5, 0.6) is 0 Å². The summed E-state index contributed by atoms with van der Waals surface area (Å²) in [6.45, 7) is 2.78. The molecule has 0 fully saturated rings. The topological polar surface area (TPSA) is 32.3 Å². The van der Waals surface area contributed by atoms with Crippen molar-refractivity contribution in [3.05, 3.63) is 34.6 Å². The van der Waals surface area contributed by atoms with Gasteiger partial charge in [0.15, 0.2) is 0 Å². The highest BCUT2D eigenvalue weighted by molar-refractivity contribution is 6.30. The average Bonchev–Trinajstić information content (AvgIpc) is 2.10. The predicted molar refractivity (Wildman–Crippen MR) is 54.8 cm³/mol. The van der Waals surface area contributed by atoms with Crippen molar-refractivity contribution < 1.29 is 9.50 Å². The first-order chi connectivity index (χ1) is 6.59.